The molecule has 0 saturated carbocycles. The van der Waals surface area contributed by atoms with Crippen molar-refractivity contribution >= 4 is 0 Å². The van der Waals surface area contributed by atoms with Crippen LogP contribution in [0.2, 0.25) is 0 Å². The molecule has 0 spiro atoms. The highest BCUT2D eigenvalue weighted by atomic mass is 19.1. The second kappa shape index (κ2) is 8.39. The molecule has 0 radical (unpaired) electrons. The smallest absolute Gasteiger partial charge is 0.161 e. The summed E-state index contributed by atoms with van der Waals surface area (Å²) in [4.78, 5) is 0. The van der Waals surface area contributed by atoms with Gasteiger partial charge in [0.15, 0.2) is 11.5 Å². The Labute approximate surface area is 131 Å². The molecule has 0 amide bonds. The molecule has 0 atom stereocenters. The lowest BCUT2D eigenvalue weighted by Gasteiger charge is -2.13. The molecule has 0 unspecified atom stereocenters. The van der Waals surface area contributed by atoms with Crippen LogP contribution in [0.3, 0.4) is 0 Å². The maximum Gasteiger partial charge on any atom is 0.161 e. The highest BCUT2D eigenvalue weighted by molar-refractivity contribution is 5.43. The van der Waals surface area contributed by atoms with Crippen molar-refractivity contribution in [3.63, 3.8) is 0 Å². The normalized spacial score (nSPS) is 10.5. The predicted octanol–water partition coefficient (Wildman–Crippen LogP) is 3.91. The Morgan fingerprint density at radius 1 is 0.818 bits per heavy atom. The van der Waals surface area contributed by atoms with E-state index in [-0.39, 0.29) is 5.82 Å². The van der Waals surface area contributed by atoms with Crippen LogP contribution in [0.25, 0.3) is 0 Å². The van der Waals surface area contributed by atoms with Gasteiger partial charge < -0.3 is 14.8 Å². The van der Waals surface area contributed by atoms with E-state index in [9.17, 15) is 4.39 Å². The zero-order valence-electron chi connectivity index (χ0n) is 13.1. The van der Waals surface area contributed by atoms with E-state index in [4.69, 9.17) is 9.47 Å². The summed E-state index contributed by atoms with van der Waals surface area (Å²) in [5.74, 6) is 1.33. The molecule has 0 heterocycles. The van der Waals surface area contributed by atoms with Gasteiger partial charge in [0, 0.05) is 13.1 Å². The van der Waals surface area contributed by atoms with E-state index < -0.39 is 0 Å². The van der Waals surface area contributed by atoms with Gasteiger partial charge in [0.2, 0.25) is 0 Å². The van der Waals surface area contributed by atoms with Gasteiger partial charge in [0.25, 0.3) is 0 Å². The first-order valence-electron chi connectivity index (χ1n) is 7.56. The molecule has 22 heavy (non-hydrogen) atoms. The molecular formula is C18H22FNO2. The molecular weight excluding hydrogens is 281 g/mol. The SMILES string of the molecule is CCOc1ccc(CNCc2ccc(F)cc2)cc1OCC. The third-order valence-corrected chi connectivity index (χ3v) is 3.18. The van der Waals surface area contributed by atoms with E-state index in [2.05, 4.69) is 5.32 Å². The molecule has 0 bridgehead atoms. The molecule has 0 aliphatic heterocycles. The van der Waals surface area contributed by atoms with Crippen LogP contribution in [0.15, 0.2) is 42.5 Å². The van der Waals surface area contributed by atoms with E-state index in [0.29, 0.717) is 26.3 Å². The lowest BCUT2D eigenvalue weighted by atomic mass is 10.2. The zero-order chi connectivity index (χ0) is 15.8. The molecule has 0 aliphatic rings. The van der Waals surface area contributed by atoms with Gasteiger partial charge in [-0.05, 0) is 49.2 Å². The molecule has 3 nitrogen and oxygen atoms in total. The fourth-order valence-electron chi connectivity index (χ4n) is 2.16. The molecule has 2 aromatic rings. The molecule has 0 saturated heterocycles. The Balaban J connectivity index is 1.94. The summed E-state index contributed by atoms with van der Waals surface area (Å²) in [5, 5.41) is 3.34. The van der Waals surface area contributed by atoms with Gasteiger partial charge in [-0.15, -0.1) is 0 Å². The van der Waals surface area contributed by atoms with Crippen LogP contribution in [0, 0.1) is 5.82 Å². The summed E-state index contributed by atoms with van der Waals surface area (Å²) in [6.45, 7) is 6.53. The maximum absolute atomic E-state index is 12.8. The fourth-order valence-corrected chi connectivity index (χ4v) is 2.16. The third kappa shape index (κ3) is 4.74. The lowest BCUT2D eigenvalue weighted by molar-refractivity contribution is 0.287. The monoisotopic (exact) mass is 303 g/mol. The van der Waals surface area contributed by atoms with E-state index in [0.717, 1.165) is 22.6 Å². The van der Waals surface area contributed by atoms with Crippen LogP contribution < -0.4 is 14.8 Å². The van der Waals surface area contributed by atoms with Crippen molar-refractivity contribution in [3.05, 3.63) is 59.4 Å². The number of ether oxygens (including phenoxy) is 2. The summed E-state index contributed by atoms with van der Waals surface area (Å²) in [5.41, 5.74) is 2.17. The Morgan fingerprint density at radius 2 is 1.41 bits per heavy atom. The second-order valence-electron chi connectivity index (χ2n) is 4.88. The number of hydrogen-bond donors (Lipinski definition) is 1. The highest BCUT2D eigenvalue weighted by Crippen LogP contribution is 2.28. The number of benzene rings is 2. The van der Waals surface area contributed by atoms with Crippen LogP contribution in [0.1, 0.15) is 25.0 Å². The van der Waals surface area contributed by atoms with Gasteiger partial charge in [-0.1, -0.05) is 18.2 Å². The maximum atomic E-state index is 12.8. The number of hydrogen-bond acceptors (Lipinski definition) is 3. The topological polar surface area (TPSA) is 30.5 Å². The predicted molar refractivity (Wildman–Crippen MR) is 85.7 cm³/mol. The molecule has 0 aliphatic carbocycles. The highest BCUT2D eigenvalue weighted by Gasteiger charge is 2.06. The van der Waals surface area contributed by atoms with Gasteiger partial charge in [-0.2, -0.15) is 0 Å². The first-order chi connectivity index (χ1) is 10.7. The first-order valence-corrected chi connectivity index (χ1v) is 7.56. The number of rotatable bonds is 8. The molecule has 4 heteroatoms. The van der Waals surface area contributed by atoms with Gasteiger partial charge in [-0.25, -0.2) is 4.39 Å². The van der Waals surface area contributed by atoms with Crippen molar-refractivity contribution in [2.24, 2.45) is 0 Å². The van der Waals surface area contributed by atoms with Crippen molar-refractivity contribution in [1.29, 1.82) is 0 Å². The lowest BCUT2D eigenvalue weighted by Crippen LogP contribution is -2.13. The van der Waals surface area contributed by atoms with E-state index in [1.54, 1.807) is 12.1 Å². The van der Waals surface area contributed by atoms with Crippen molar-refractivity contribution in [3.8, 4) is 11.5 Å². The molecule has 0 aromatic heterocycles. The molecule has 2 rings (SSSR count). The minimum absolute atomic E-state index is 0.211. The largest absolute Gasteiger partial charge is 0.490 e. The van der Waals surface area contributed by atoms with Gasteiger partial charge in [0.1, 0.15) is 5.82 Å². The Hall–Kier alpha value is -2.07. The standard InChI is InChI=1S/C18H22FNO2/c1-3-21-17-10-7-15(11-18(17)22-4-2)13-20-12-14-5-8-16(19)9-6-14/h5-11,20H,3-4,12-13H2,1-2H3. The quantitative estimate of drug-likeness (QED) is 0.802. The first kappa shape index (κ1) is 16.3. The van der Waals surface area contributed by atoms with E-state index in [1.165, 1.54) is 12.1 Å². The average molecular weight is 303 g/mol. The van der Waals surface area contributed by atoms with Crippen molar-refractivity contribution in [1.82, 2.24) is 5.32 Å². The van der Waals surface area contributed by atoms with Crippen LogP contribution in [-0.2, 0) is 13.1 Å². The third-order valence-electron chi connectivity index (χ3n) is 3.18. The summed E-state index contributed by atoms with van der Waals surface area (Å²) in [6, 6.07) is 12.5. The minimum Gasteiger partial charge on any atom is -0.490 e. The summed E-state index contributed by atoms with van der Waals surface area (Å²) in [6.07, 6.45) is 0. The van der Waals surface area contributed by atoms with Crippen LogP contribution in [0.5, 0.6) is 11.5 Å². The van der Waals surface area contributed by atoms with E-state index >= 15 is 0 Å². The summed E-state index contributed by atoms with van der Waals surface area (Å²) >= 11 is 0. The van der Waals surface area contributed by atoms with Crippen LogP contribution >= 0.6 is 0 Å². The number of halogens is 1. The molecule has 1 N–H and O–H groups in total. The molecule has 118 valence electrons. The number of nitrogens with one attached hydrogen (secondary N) is 1. The Morgan fingerprint density at radius 3 is 2.09 bits per heavy atom. The van der Waals surface area contributed by atoms with Gasteiger partial charge in [0.05, 0.1) is 13.2 Å². The van der Waals surface area contributed by atoms with Crippen LogP contribution in [-0.4, -0.2) is 13.2 Å². The molecule has 0 fully saturated rings. The van der Waals surface area contributed by atoms with Crippen molar-refractivity contribution in [2.75, 3.05) is 13.2 Å². The fraction of sp³-hybridized carbons (Fsp3) is 0.333. The summed E-state index contributed by atoms with van der Waals surface area (Å²) < 4.78 is 24.0. The molecule has 2 aromatic carbocycles. The van der Waals surface area contributed by atoms with Gasteiger partial charge in [-0.3, -0.25) is 0 Å². The summed E-state index contributed by atoms with van der Waals surface area (Å²) in [7, 11) is 0. The van der Waals surface area contributed by atoms with E-state index in [1.807, 2.05) is 32.0 Å². The average Bonchev–Trinajstić information content (AvgIpc) is 2.52. The van der Waals surface area contributed by atoms with Crippen molar-refractivity contribution < 1.29 is 13.9 Å². The van der Waals surface area contributed by atoms with Gasteiger partial charge >= 0.3 is 0 Å². The Kier molecular flexibility index (Phi) is 6.22. The van der Waals surface area contributed by atoms with Crippen molar-refractivity contribution in [2.45, 2.75) is 26.9 Å². The Bertz CT molecular complexity index is 584. The van der Waals surface area contributed by atoms with Crippen LogP contribution in [0.4, 0.5) is 4.39 Å². The second-order valence-corrected chi connectivity index (χ2v) is 4.88. The zero-order valence-corrected chi connectivity index (χ0v) is 13.1. The minimum atomic E-state index is -0.211.